The number of allylic oxidation sites excluding steroid dienone is 1. The molecule has 0 aromatic rings. The summed E-state index contributed by atoms with van der Waals surface area (Å²) in [4.78, 5) is 40.0. The van der Waals surface area contributed by atoms with Crippen molar-refractivity contribution in [2.24, 2.45) is 34.5 Å². The van der Waals surface area contributed by atoms with Gasteiger partial charge in [-0.2, -0.15) is 0 Å². The second kappa shape index (κ2) is 6.18. The van der Waals surface area contributed by atoms with Crippen LogP contribution in [0.1, 0.15) is 52.4 Å². The van der Waals surface area contributed by atoms with Crippen LogP contribution >= 0.6 is 0 Å². The van der Waals surface area contributed by atoms with Gasteiger partial charge in [0, 0.05) is 50.4 Å². The molecule has 1 heterocycles. The molecule has 0 aromatic carbocycles. The molecule has 3 saturated carbocycles. The number of nitrogens with zero attached hydrogens (tertiary/aromatic N) is 1. The molecule has 3 aliphatic carbocycles. The maximum Gasteiger partial charge on any atom is 0.243 e. The van der Waals surface area contributed by atoms with Crippen LogP contribution in [0.4, 0.5) is 0 Å². The average molecular weight is 373 g/mol. The maximum atomic E-state index is 13.5. The molecular formula is C22H32N2O3. The summed E-state index contributed by atoms with van der Waals surface area (Å²) in [6.07, 6.45) is 6.91. The van der Waals surface area contributed by atoms with Crippen molar-refractivity contribution in [1.29, 1.82) is 0 Å². The van der Waals surface area contributed by atoms with Crippen molar-refractivity contribution in [2.45, 2.75) is 52.4 Å². The van der Waals surface area contributed by atoms with Crippen LogP contribution in [0, 0.1) is 34.5 Å². The third kappa shape index (κ3) is 2.60. The summed E-state index contributed by atoms with van der Waals surface area (Å²) >= 11 is 0. The van der Waals surface area contributed by atoms with E-state index >= 15 is 0 Å². The highest BCUT2D eigenvalue weighted by Crippen LogP contribution is 2.65. The van der Waals surface area contributed by atoms with Crippen LogP contribution < -0.4 is 5.32 Å². The van der Waals surface area contributed by atoms with Crippen LogP contribution in [0.25, 0.3) is 0 Å². The minimum Gasteiger partial charge on any atom is -0.353 e. The summed E-state index contributed by atoms with van der Waals surface area (Å²) in [5.74, 6) is 1.21. The van der Waals surface area contributed by atoms with Crippen LogP contribution in [-0.4, -0.2) is 43.1 Å². The van der Waals surface area contributed by atoms with Gasteiger partial charge in [-0.1, -0.05) is 19.4 Å². The summed E-state index contributed by atoms with van der Waals surface area (Å²) < 4.78 is 0. The number of hydrogen-bond acceptors (Lipinski definition) is 3. The largest absolute Gasteiger partial charge is 0.353 e. The predicted molar refractivity (Wildman–Crippen MR) is 103 cm³/mol. The molecule has 6 atom stereocenters. The fraction of sp³-hybridized carbons (Fsp3) is 0.773. The average Bonchev–Trinajstić information content (AvgIpc) is 2.84. The zero-order valence-corrected chi connectivity index (χ0v) is 17.0. The highest BCUT2D eigenvalue weighted by Gasteiger charge is 2.63. The van der Waals surface area contributed by atoms with Gasteiger partial charge in [0.1, 0.15) is 5.78 Å². The molecule has 4 rings (SSSR count). The molecule has 3 fully saturated rings. The molecule has 1 aliphatic heterocycles. The molecule has 5 heteroatoms. The molecule has 6 unspecified atom stereocenters. The Morgan fingerprint density at radius 2 is 1.93 bits per heavy atom. The van der Waals surface area contributed by atoms with Crippen molar-refractivity contribution in [2.75, 3.05) is 20.6 Å². The lowest BCUT2D eigenvalue weighted by atomic mass is 9.47. The Morgan fingerprint density at radius 3 is 2.63 bits per heavy atom. The summed E-state index contributed by atoms with van der Waals surface area (Å²) in [5, 5.41) is 2.95. The standard InChI is InChI=1S/C22H32N2O3/c1-21-9-10-23-18(26)11-13(21)5-6-14-15-7-8-16(20(27)24(3)4)22(15,2)12-17(25)19(14)21/h11,14-16,19H,5-10,12H2,1-4H3,(H,23,26). The fourth-order valence-corrected chi connectivity index (χ4v) is 7.11. The van der Waals surface area contributed by atoms with Crippen LogP contribution in [-0.2, 0) is 14.4 Å². The van der Waals surface area contributed by atoms with Gasteiger partial charge in [-0.3, -0.25) is 14.4 Å². The van der Waals surface area contributed by atoms with E-state index in [1.54, 1.807) is 11.0 Å². The van der Waals surface area contributed by atoms with Crippen molar-refractivity contribution in [3.63, 3.8) is 0 Å². The Morgan fingerprint density at radius 1 is 1.19 bits per heavy atom. The number of hydrogen-bond donors (Lipinski definition) is 1. The first-order chi connectivity index (χ1) is 12.7. The van der Waals surface area contributed by atoms with Gasteiger partial charge in [0.2, 0.25) is 11.8 Å². The molecule has 148 valence electrons. The van der Waals surface area contributed by atoms with E-state index in [2.05, 4.69) is 19.2 Å². The van der Waals surface area contributed by atoms with Crippen molar-refractivity contribution in [3.05, 3.63) is 11.6 Å². The zero-order chi connectivity index (χ0) is 19.6. The number of Topliss-reactive ketones (excluding diaryl/α,β-unsaturated/α-hetero) is 1. The molecule has 4 aliphatic rings. The van der Waals surface area contributed by atoms with Gasteiger partial charge in [-0.05, 0) is 49.4 Å². The number of fused-ring (bicyclic) bond motifs is 5. The van der Waals surface area contributed by atoms with Gasteiger partial charge in [0.05, 0.1) is 0 Å². The van der Waals surface area contributed by atoms with Crippen molar-refractivity contribution in [3.8, 4) is 0 Å². The Hall–Kier alpha value is -1.65. The van der Waals surface area contributed by atoms with Gasteiger partial charge < -0.3 is 10.2 Å². The molecule has 2 amide bonds. The molecule has 1 N–H and O–H groups in total. The number of rotatable bonds is 1. The van der Waals surface area contributed by atoms with Gasteiger partial charge in [0.25, 0.3) is 0 Å². The molecule has 0 radical (unpaired) electrons. The lowest BCUT2D eigenvalue weighted by molar-refractivity contribution is -0.150. The molecule has 0 bridgehead atoms. The van der Waals surface area contributed by atoms with E-state index in [0.717, 1.165) is 37.7 Å². The Bertz CT molecular complexity index is 727. The highest BCUT2D eigenvalue weighted by atomic mass is 16.2. The topological polar surface area (TPSA) is 66.5 Å². The molecule has 0 spiro atoms. The third-order valence-corrected chi connectivity index (χ3v) is 8.41. The van der Waals surface area contributed by atoms with Crippen LogP contribution in [0.2, 0.25) is 0 Å². The monoisotopic (exact) mass is 372 g/mol. The predicted octanol–water partition coefficient (Wildman–Crippen LogP) is 2.56. The minimum atomic E-state index is -0.218. The highest BCUT2D eigenvalue weighted by molar-refractivity contribution is 5.91. The first kappa shape index (κ1) is 18.7. The molecular weight excluding hydrogens is 340 g/mol. The normalized spacial score (nSPS) is 43.6. The van der Waals surface area contributed by atoms with Gasteiger partial charge in [-0.25, -0.2) is 0 Å². The number of carbonyl (C=O) groups is 3. The maximum absolute atomic E-state index is 13.5. The van der Waals surface area contributed by atoms with Crippen LogP contribution in [0.15, 0.2) is 11.6 Å². The molecule has 0 saturated heterocycles. The van der Waals surface area contributed by atoms with Crippen LogP contribution in [0.3, 0.4) is 0 Å². The Kier molecular flexibility index (Phi) is 4.28. The van der Waals surface area contributed by atoms with E-state index in [1.165, 1.54) is 0 Å². The number of amides is 2. The fourth-order valence-electron chi connectivity index (χ4n) is 7.11. The van der Waals surface area contributed by atoms with Gasteiger partial charge >= 0.3 is 0 Å². The molecule has 27 heavy (non-hydrogen) atoms. The summed E-state index contributed by atoms with van der Waals surface area (Å²) in [7, 11) is 3.64. The number of ketones is 1. The van der Waals surface area contributed by atoms with E-state index in [-0.39, 0.29) is 34.5 Å². The second-order valence-corrected chi connectivity index (χ2v) is 9.93. The smallest absolute Gasteiger partial charge is 0.243 e. The summed E-state index contributed by atoms with van der Waals surface area (Å²) in [6, 6.07) is 0. The SMILES string of the molecule is CN(C)C(=O)C1CCC2C3CCC4=CC(=O)NCCC4(C)C3C(=O)CC12C. The molecule has 5 nitrogen and oxygen atoms in total. The minimum absolute atomic E-state index is 0.00326. The number of nitrogens with one attached hydrogen (secondary N) is 1. The number of carbonyl (C=O) groups excluding carboxylic acids is 3. The van der Waals surface area contributed by atoms with Crippen LogP contribution in [0.5, 0.6) is 0 Å². The second-order valence-electron chi connectivity index (χ2n) is 9.93. The van der Waals surface area contributed by atoms with Gasteiger partial charge in [0.15, 0.2) is 0 Å². The first-order valence-electron chi connectivity index (χ1n) is 10.4. The van der Waals surface area contributed by atoms with E-state index in [0.29, 0.717) is 30.6 Å². The Labute approximate surface area is 161 Å². The van der Waals surface area contributed by atoms with Crippen molar-refractivity contribution < 1.29 is 14.4 Å². The van der Waals surface area contributed by atoms with Gasteiger partial charge in [-0.15, -0.1) is 0 Å². The molecule has 0 aromatic heterocycles. The van der Waals surface area contributed by atoms with E-state index in [4.69, 9.17) is 0 Å². The lowest BCUT2D eigenvalue weighted by Crippen LogP contribution is -2.55. The zero-order valence-electron chi connectivity index (χ0n) is 17.0. The van der Waals surface area contributed by atoms with Crippen molar-refractivity contribution >= 4 is 17.6 Å². The van der Waals surface area contributed by atoms with E-state index in [9.17, 15) is 14.4 Å². The van der Waals surface area contributed by atoms with E-state index < -0.39 is 0 Å². The van der Waals surface area contributed by atoms with E-state index in [1.807, 2.05) is 14.1 Å². The lowest BCUT2D eigenvalue weighted by Gasteiger charge is -2.56. The quantitative estimate of drug-likeness (QED) is 0.769. The third-order valence-electron chi connectivity index (χ3n) is 8.41. The first-order valence-corrected chi connectivity index (χ1v) is 10.4. The summed E-state index contributed by atoms with van der Waals surface area (Å²) in [5.41, 5.74) is 0.731. The summed E-state index contributed by atoms with van der Waals surface area (Å²) in [6.45, 7) is 5.03. The van der Waals surface area contributed by atoms with Crippen molar-refractivity contribution in [1.82, 2.24) is 10.2 Å². The Balaban J connectivity index is 1.71.